The Balaban J connectivity index is 3.63. The van der Waals surface area contributed by atoms with Crippen molar-refractivity contribution < 1.29 is 13.9 Å². The van der Waals surface area contributed by atoms with Crippen LogP contribution in [-0.2, 0) is 13.9 Å². The molecule has 0 bridgehead atoms. The van der Waals surface area contributed by atoms with Crippen molar-refractivity contribution in [3.63, 3.8) is 0 Å². The fourth-order valence-corrected chi connectivity index (χ4v) is 1.42. The van der Waals surface area contributed by atoms with Crippen LogP contribution in [0.25, 0.3) is 0 Å². The summed E-state index contributed by atoms with van der Waals surface area (Å²) >= 11 is 0. The molecule has 0 aliphatic carbocycles. The molecule has 0 aromatic carbocycles. The Morgan fingerprint density at radius 1 is 1.60 bits per heavy atom. The molecule has 0 aromatic rings. The summed E-state index contributed by atoms with van der Waals surface area (Å²) in [4.78, 5) is 9.93. The predicted octanol–water partition coefficient (Wildman–Crippen LogP) is 1.52. The van der Waals surface area contributed by atoms with Crippen molar-refractivity contribution in [3.8, 4) is 0 Å². The van der Waals surface area contributed by atoms with Crippen LogP contribution in [0.2, 0.25) is 0 Å². The van der Waals surface area contributed by atoms with Gasteiger partial charge in [0.15, 0.2) is 0 Å². The van der Waals surface area contributed by atoms with Gasteiger partial charge in [0, 0.05) is 6.66 Å². The van der Waals surface area contributed by atoms with Gasteiger partial charge in [0.05, 0.1) is 12.8 Å². The standard InChI is InChI=1S/C6H13O3P/c1-3-5-9-10(2,8)6-4-7/h4H,3,5-6H2,1-2H3. The number of hydrogen-bond donors (Lipinski definition) is 0. The number of carbonyl (C=O) groups is 1. The Labute approximate surface area is 61.2 Å². The third-order valence-corrected chi connectivity index (χ3v) is 2.52. The van der Waals surface area contributed by atoms with Crippen LogP contribution in [0.3, 0.4) is 0 Å². The van der Waals surface area contributed by atoms with Crippen molar-refractivity contribution in [2.45, 2.75) is 13.3 Å². The van der Waals surface area contributed by atoms with Crippen LogP contribution < -0.4 is 0 Å². The minimum atomic E-state index is -2.58. The second-order valence-corrected chi connectivity index (χ2v) is 4.85. The first-order valence-corrected chi connectivity index (χ1v) is 5.53. The molecule has 0 aromatic heterocycles. The second-order valence-electron chi connectivity index (χ2n) is 2.20. The summed E-state index contributed by atoms with van der Waals surface area (Å²) in [5.74, 6) is 0. The quantitative estimate of drug-likeness (QED) is 0.457. The largest absolute Gasteiger partial charge is 0.328 e. The lowest BCUT2D eigenvalue weighted by atomic mass is 10.5. The van der Waals surface area contributed by atoms with Crippen LogP contribution in [0, 0.1) is 0 Å². The summed E-state index contributed by atoms with van der Waals surface area (Å²) in [7, 11) is -2.58. The third-order valence-electron chi connectivity index (χ3n) is 0.975. The first kappa shape index (κ1) is 9.86. The lowest BCUT2D eigenvalue weighted by Crippen LogP contribution is -1.95. The van der Waals surface area contributed by atoms with Crippen LogP contribution in [-0.4, -0.2) is 25.7 Å². The minimum Gasteiger partial charge on any atom is -0.328 e. The highest BCUT2D eigenvalue weighted by molar-refractivity contribution is 7.58. The van der Waals surface area contributed by atoms with Crippen LogP contribution in [0.4, 0.5) is 0 Å². The predicted molar refractivity (Wildman–Crippen MR) is 40.7 cm³/mol. The van der Waals surface area contributed by atoms with Gasteiger partial charge in [-0.15, -0.1) is 0 Å². The zero-order valence-corrected chi connectivity index (χ0v) is 7.27. The minimum absolute atomic E-state index is 0.0347. The van der Waals surface area contributed by atoms with E-state index in [1.165, 1.54) is 6.66 Å². The molecule has 4 heteroatoms. The van der Waals surface area contributed by atoms with Gasteiger partial charge in [-0.05, 0) is 6.42 Å². The molecule has 0 radical (unpaired) electrons. The molecule has 0 amide bonds. The van der Waals surface area contributed by atoms with E-state index in [1.54, 1.807) is 0 Å². The van der Waals surface area contributed by atoms with Crippen molar-refractivity contribution in [3.05, 3.63) is 0 Å². The summed E-state index contributed by atoms with van der Waals surface area (Å²) in [6, 6.07) is 0. The van der Waals surface area contributed by atoms with Crippen LogP contribution >= 0.6 is 7.37 Å². The van der Waals surface area contributed by atoms with Crippen molar-refractivity contribution >= 4 is 13.7 Å². The molecule has 0 rings (SSSR count). The summed E-state index contributed by atoms with van der Waals surface area (Å²) in [5, 5.41) is 0. The van der Waals surface area contributed by atoms with E-state index >= 15 is 0 Å². The molecule has 10 heavy (non-hydrogen) atoms. The van der Waals surface area contributed by atoms with Gasteiger partial charge in [0.25, 0.3) is 0 Å². The molecule has 0 fully saturated rings. The van der Waals surface area contributed by atoms with Crippen LogP contribution in [0.15, 0.2) is 0 Å². The van der Waals surface area contributed by atoms with Crippen LogP contribution in [0.1, 0.15) is 13.3 Å². The van der Waals surface area contributed by atoms with Gasteiger partial charge in [0.2, 0.25) is 7.37 Å². The molecular formula is C6H13O3P. The molecule has 0 saturated heterocycles. The molecule has 0 aliphatic rings. The zero-order chi connectivity index (χ0) is 8.04. The summed E-state index contributed by atoms with van der Waals surface area (Å²) in [6.45, 7) is 3.89. The smallest absolute Gasteiger partial charge is 0.207 e. The molecule has 60 valence electrons. The average Bonchev–Trinajstić information content (AvgIpc) is 1.84. The third kappa shape index (κ3) is 4.71. The maximum atomic E-state index is 11.1. The average molecular weight is 164 g/mol. The van der Waals surface area contributed by atoms with Gasteiger partial charge < -0.3 is 9.32 Å². The van der Waals surface area contributed by atoms with Gasteiger partial charge in [-0.2, -0.15) is 0 Å². The van der Waals surface area contributed by atoms with Gasteiger partial charge in [-0.3, -0.25) is 4.57 Å². The normalized spacial score (nSPS) is 16.2. The first-order chi connectivity index (χ1) is 4.62. The summed E-state index contributed by atoms with van der Waals surface area (Å²) < 4.78 is 16.1. The zero-order valence-electron chi connectivity index (χ0n) is 6.37. The Morgan fingerprint density at radius 2 is 2.20 bits per heavy atom. The Morgan fingerprint density at radius 3 is 2.60 bits per heavy atom. The SMILES string of the molecule is CCCOP(C)(=O)CC=O. The Bertz CT molecular complexity index is 144. The summed E-state index contributed by atoms with van der Waals surface area (Å²) in [5.41, 5.74) is 0. The van der Waals surface area contributed by atoms with Gasteiger partial charge in [-0.1, -0.05) is 6.92 Å². The van der Waals surface area contributed by atoms with Gasteiger partial charge >= 0.3 is 0 Å². The highest BCUT2D eigenvalue weighted by atomic mass is 31.2. The molecule has 3 nitrogen and oxygen atoms in total. The summed E-state index contributed by atoms with van der Waals surface area (Å²) in [6.07, 6.45) is 1.50. The van der Waals surface area contributed by atoms with E-state index < -0.39 is 7.37 Å². The Kier molecular flexibility index (Phi) is 4.58. The highest BCUT2D eigenvalue weighted by Gasteiger charge is 2.13. The van der Waals surface area contributed by atoms with Gasteiger partial charge in [-0.25, -0.2) is 0 Å². The monoisotopic (exact) mass is 164 g/mol. The number of rotatable bonds is 5. The van der Waals surface area contributed by atoms with Crippen molar-refractivity contribution in [2.75, 3.05) is 19.4 Å². The molecule has 0 N–H and O–H groups in total. The van der Waals surface area contributed by atoms with Crippen molar-refractivity contribution in [1.29, 1.82) is 0 Å². The van der Waals surface area contributed by atoms with E-state index in [0.29, 0.717) is 12.9 Å². The number of hydrogen-bond acceptors (Lipinski definition) is 3. The second kappa shape index (κ2) is 4.64. The molecule has 0 aliphatic heterocycles. The molecule has 1 atom stereocenters. The number of aldehydes is 1. The van der Waals surface area contributed by atoms with Crippen molar-refractivity contribution in [1.82, 2.24) is 0 Å². The lowest BCUT2D eigenvalue weighted by Gasteiger charge is -2.08. The molecule has 0 saturated carbocycles. The maximum absolute atomic E-state index is 11.1. The van der Waals surface area contributed by atoms with E-state index in [0.717, 1.165) is 6.42 Å². The van der Waals surface area contributed by atoms with Crippen LogP contribution in [0.5, 0.6) is 0 Å². The van der Waals surface area contributed by atoms with E-state index in [1.807, 2.05) is 6.92 Å². The molecule has 1 unspecified atom stereocenters. The van der Waals surface area contributed by atoms with E-state index in [9.17, 15) is 9.36 Å². The first-order valence-electron chi connectivity index (χ1n) is 3.27. The van der Waals surface area contributed by atoms with Gasteiger partial charge in [0.1, 0.15) is 6.29 Å². The van der Waals surface area contributed by atoms with E-state index in [4.69, 9.17) is 4.52 Å². The van der Waals surface area contributed by atoms with E-state index in [-0.39, 0.29) is 6.16 Å². The fraction of sp³-hybridized carbons (Fsp3) is 0.833. The topological polar surface area (TPSA) is 43.4 Å². The highest BCUT2D eigenvalue weighted by Crippen LogP contribution is 2.40. The molecular weight excluding hydrogens is 151 g/mol. The Hall–Kier alpha value is -0.140. The number of carbonyl (C=O) groups excluding carboxylic acids is 1. The lowest BCUT2D eigenvalue weighted by molar-refractivity contribution is -0.105. The van der Waals surface area contributed by atoms with Crippen molar-refractivity contribution in [2.24, 2.45) is 0 Å². The fourth-order valence-electron chi connectivity index (χ4n) is 0.472. The molecule has 0 spiro atoms. The van der Waals surface area contributed by atoms with E-state index in [2.05, 4.69) is 0 Å². The maximum Gasteiger partial charge on any atom is 0.207 e. The molecule has 0 heterocycles.